The standard InChI is InChI=1S/C17H20N2O4S2/c1-12(17(20)18-2)23-13-8-10-14(11-9-13)25(21,22)19-15-6-4-5-7-16(15)24-3/h4-12,19H,1-3H3,(H,18,20)/t12-/m1/s1. The molecule has 0 aliphatic carbocycles. The van der Waals surface area contributed by atoms with Gasteiger partial charge in [0.05, 0.1) is 10.6 Å². The SMILES string of the molecule is CNC(=O)[C@@H](C)Oc1ccc(S(=O)(=O)Nc2ccccc2SC)cc1. The van der Waals surface area contributed by atoms with E-state index < -0.39 is 16.1 Å². The molecule has 0 heterocycles. The van der Waals surface area contributed by atoms with Gasteiger partial charge in [0.25, 0.3) is 15.9 Å². The largest absolute Gasteiger partial charge is 0.481 e. The lowest BCUT2D eigenvalue weighted by molar-refractivity contribution is -0.126. The molecule has 0 aliphatic heterocycles. The molecule has 0 bridgehead atoms. The molecule has 0 radical (unpaired) electrons. The first kappa shape index (κ1) is 19.1. The van der Waals surface area contributed by atoms with E-state index in [0.717, 1.165) is 4.90 Å². The number of nitrogens with one attached hydrogen (secondary N) is 2. The number of amides is 1. The predicted octanol–water partition coefficient (Wildman–Crippen LogP) is 2.72. The van der Waals surface area contributed by atoms with Gasteiger partial charge in [-0.25, -0.2) is 8.42 Å². The van der Waals surface area contributed by atoms with Gasteiger partial charge in [-0.2, -0.15) is 0 Å². The molecule has 0 aliphatic rings. The van der Waals surface area contributed by atoms with Crippen LogP contribution in [0.2, 0.25) is 0 Å². The first-order chi connectivity index (χ1) is 11.9. The highest BCUT2D eigenvalue weighted by atomic mass is 32.2. The van der Waals surface area contributed by atoms with Crippen molar-refractivity contribution in [3.8, 4) is 5.75 Å². The van der Waals surface area contributed by atoms with E-state index >= 15 is 0 Å². The number of hydrogen-bond acceptors (Lipinski definition) is 5. The van der Waals surface area contributed by atoms with E-state index in [-0.39, 0.29) is 10.8 Å². The molecule has 1 atom stereocenters. The van der Waals surface area contributed by atoms with Crippen molar-refractivity contribution in [1.82, 2.24) is 5.32 Å². The third kappa shape index (κ3) is 4.90. The van der Waals surface area contributed by atoms with Crippen LogP contribution < -0.4 is 14.8 Å². The summed E-state index contributed by atoms with van der Waals surface area (Å²) in [6, 6.07) is 13.1. The maximum atomic E-state index is 12.5. The van der Waals surface area contributed by atoms with Crippen LogP contribution in [0.25, 0.3) is 0 Å². The van der Waals surface area contributed by atoms with Gasteiger partial charge in [0.2, 0.25) is 0 Å². The minimum absolute atomic E-state index is 0.114. The fourth-order valence-electron chi connectivity index (χ4n) is 2.09. The van der Waals surface area contributed by atoms with Gasteiger partial charge in [0.1, 0.15) is 5.75 Å². The van der Waals surface area contributed by atoms with E-state index in [9.17, 15) is 13.2 Å². The van der Waals surface area contributed by atoms with E-state index in [1.54, 1.807) is 19.1 Å². The number of thioether (sulfide) groups is 1. The van der Waals surface area contributed by atoms with Crippen molar-refractivity contribution < 1.29 is 17.9 Å². The van der Waals surface area contributed by atoms with Gasteiger partial charge >= 0.3 is 0 Å². The minimum atomic E-state index is -3.71. The monoisotopic (exact) mass is 380 g/mol. The van der Waals surface area contributed by atoms with Crippen LogP contribution in [0.4, 0.5) is 5.69 Å². The predicted molar refractivity (Wildman–Crippen MR) is 99.6 cm³/mol. The Bertz CT molecular complexity index is 836. The van der Waals surface area contributed by atoms with Gasteiger partial charge in [0.15, 0.2) is 6.10 Å². The van der Waals surface area contributed by atoms with Crippen molar-refractivity contribution >= 4 is 33.4 Å². The summed E-state index contributed by atoms with van der Waals surface area (Å²) in [4.78, 5) is 12.4. The molecule has 2 rings (SSSR count). The molecule has 0 aromatic heterocycles. The maximum Gasteiger partial charge on any atom is 0.261 e. The van der Waals surface area contributed by atoms with Crippen LogP contribution in [0.1, 0.15) is 6.92 Å². The Hall–Kier alpha value is -2.19. The fraction of sp³-hybridized carbons (Fsp3) is 0.235. The zero-order chi connectivity index (χ0) is 18.4. The Morgan fingerprint density at radius 3 is 2.36 bits per heavy atom. The number of carbonyl (C=O) groups excluding carboxylic acids is 1. The lowest BCUT2D eigenvalue weighted by Crippen LogP contribution is -2.33. The van der Waals surface area contributed by atoms with Gasteiger partial charge in [-0.3, -0.25) is 9.52 Å². The first-order valence-electron chi connectivity index (χ1n) is 7.51. The van der Waals surface area contributed by atoms with Crippen LogP contribution >= 0.6 is 11.8 Å². The number of rotatable bonds is 7. The fourth-order valence-corrected chi connectivity index (χ4v) is 3.79. The van der Waals surface area contributed by atoms with Gasteiger partial charge in [-0.05, 0) is 49.6 Å². The Morgan fingerprint density at radius 2 is 1.76 bits per heavy atom. The molecule has 0 spiro atoms. The summed E-state index contributed by atoms with van der Waals surface area (Å²) >= 11 is 1.46. The Morgan fingerprint density at radius 1 is 1.12 bits per heavy atom. The molecule has 2 N–H and O–H groups in total. The third-order valence-electron chi connectivity index (χ3n) is 3.41. The molecule has 25 heavy (non-hydrogen) atoms. The number of hydrogen-bond donors (Lipinski definition) is 2. The van der Waals surface area contributed by atoms with E-state index in [4.69, 9.17) is 4.74 Å². The molecule has 2 aromatic rings. The molecule has 6 nitrogen and oxygen atoms in total. The average Bonchev–Trinajstić information content (AvgIpc) is 2.61. The van der Waals surface area contributed by atoms with Crippen molar-refractivity contribution in [2.24, 2.45) is 0 Å². The highest BCUT2D eigenvalue weighted by Gasteiger charge is 2.17. The third-order valence-corrected chi connectivity index (χ3v) is 5.59. The van der Waals surface area contributed by atoms with Crippen molar-refractivity contribution in [3.05, 3.63) is 48.5 Å². The molecule has 0 unspecified atom stereocenters. The topological polar surface area (TPSA) is 84.5 Å². The number of sulfonamides is 1. The number of likely N-dealkylation sites (N-methyl/N-ethyl adjacent to an activating group) is 1. The minimum Gasteiger partial charge on any atom is -0.481 e. The van der Waals surface area contributed by atoms with Crippen molar-refractivity contribution in [1.29, 1.82) is 0 Å². The zero-order valence-corrected chi connectivity index (χ0v) is 15.8. The number of ether oxygens (including phenoxy) is 1. The summed E-state index contributed by atoms with van der Waals surface area (Å²) in [5.74, 6) is 0.159. The van der Waals surface area contributed by atoms with Crippen molar-refractivity contribution in [2.45, 2.75) is 22.8 Å². The molecule has 0 fully saturated rings. The molecular formula is C17H20N2O4S2. The number of benzene rings is 2. The van der Waals surface area contributed by atoms with E-state index in [0.29, 0.717) is 11.4 Å². The molecule has 8 heteroatoms. The Balaban J connectivity index is 2.16. The second kappa shape index (κ2) is 8.26. The lowest BCUT2D eigenvalue weighted by atomic mass is 10.3. The van der Waals surface area contributed by atoms with Gasteiger partial charge in [-0.1, -0.05) is 12.1 Å². The Labute approximate surface area is 152 Å². The second-order valence-electron chi connectivity index (χ2n) is 5.15. The van der Waals surface area contributed by atoms with E-state index in [1.165, 1.54) is 43.1 Å². The number of anilines is 1. The van der Waals surface area contributed by atoms with Crippen molar-refractivity contribution in [2.75, 3.05) is 18.0 Å². The quantitative estimate of drug-likeness (QED) is 0.722. The molecule has 2 aromatic carbocycles. The Kier molecular flexibility index (Phi) is 6.33. The summed E-state index contributed by atoms with van der Waals surface area (Å²) in [5, 5.41) is 2.49. The summed E-state index contributed by atoms with van der Waals surface area (Å²) in [5.41, 5.74) is 0.531. The highest BCUT2D eigenvalue weighted by Crippen LogP contribution is 2.27. The maximum absolute atomic E-state index is 12.5. The summed E-state index contributed by atoms with van der Waals surface area (Å²) in [6.45, 7) is 1.62. The summed E-state index contributed by atoms with van der Waals surface area (Å²) in [6.07, 6.45) is 1.21. The van der Waals surface area contributed by atoms with Gasteiger partial charge < -0.3 is 10.1 Å². The van der Waals surface area contributed by atoms with Crippen LogP contribution in [0.15, 0.2) is 58.3 Å². The van der Waals surface area contributed by atoms with Crippen molar-refractivity contribution in [3.63, 3.8) is 0 Å². The zero-order valence-electron chi connectivity index (χ0n) is 14.1. The number of carbonyl (C=O) groups is 1. The highest BCUT2D eigenvalue weighted by molar-refractivity contribution is 7.99. The van der Waals surface area contributed by atoms with Crippen LogP contribution in [0.5, 0.6) is 5.75 Å². The summed E-state index contributed by atoms with van der Waals surface area (Å²) in [7, 11) is -2.19. The van der Waals surface area contributed by atoms with E-state index in [2.05, 4.69) is 10.0 Å². The van der Waals surface area contributed by atoms with Gasteiger partial charge in [0, 0.05) is 11.9 Å². The van der Waals surface area contributed by atoms with Gasteiger partial charge in [-0.15, -0.1) is 11.8 Å². The van der Waals surface area contributed by atoms with Crippen LogP contribution in [0, 0.1) is 0 Å². The normalized spacial score (nSPS) is 12.3. The molecular weight excluding hydrogens is 360 g/mol. The number of para-hydroxylation sites is 1. The molecule has 0 saturated heterocycles. The summed E-state index contributed by atoms with van der Waals surface area (Å²) < 4.78 is 33.1. The molecule has 0 saturated carbocycles. The molecule has 1 amide bonds. The molecule has 134 valence electrons. The van der Waals surface area contributed by atoms with E-state index in [1.807, 2.05) is 18.4 Å². The average molecular weight is 380 g/mol. The smallest absolute Gasteiger partial charge is 0.261 e. The first-order valence-corrected chi connectivity index (χ1v) is 10.2. The second-order valence-corrected chi connectivity index (χ2v) is 7.68. The lowest BCUT2D eigenvalue weighted by Gasteiger charge is -2.14. The van der Waals surface area contributed by atoms with Crippen LogP contribution in [-0.4, -0.2) is 33.7 Å². The van der Waals surface area contributed by atoms with Crippen LogP contribution in [0.3, 0.4) is 0 Å². The van der Waals surface area contributed by atoms with Crippen LogP contribution in [-0.2, 0) is 14.8 Å².